The van der Waals surface area contributed by atoms with E-state index in [0.717, 1.165) is 0 Å². The lowest BCUT2D eigenvalue weighted by Gasteiger charge is -2.22. The first-order valence-corrected chi connectivity index (χ1v) is 7.02. The van der Waals surface area contributed by atoms with E-state index in [2.05, 4.69) is 0 Å². The van der Waals surface area contributed by atoms with Crippen molar-refractivity contribution in [2.45, 2.75) is 20.4 Å². The number of benzene rings is 1. The number of likely N-dealkylation sites (tertiary alicyclic amines) is 1. The molecule has 1 aromatic carbocycles. The Balaban J connectivity index is 1.88. The summed E-state index contributed by atoms with van der Waals surface area (Å²) in [6, 6.07) is 3.43. The zero-order chi connectivity index (χ0) is 15.1. The Morgan fingerprint density at radius 3 is 2.19 bits per heavy atom. The molecule has 2 aliphatic heterocycles. The molecule has 112 valence electrons. The lowest BCUT2D eigenvalue weighted by Crippen LogP contribution is -2.30. The molecule has 2 N–H and O–H groups in total. The van der Waals surface area contributed by atoms with Gasteiger partial charge in [-0.3, -0.25) is 14.5 Å². The molecule has 0 aromatic heterocycles. The van der Waals surface area contributed by atoms with Crippen LogP contribution >= 0.6 is 0 Å². The molecular weight excluding hydrogens is 272 g/mol. The van der Waals surface area contributed by atoms with Crippen LogP contribution in [-0.2, 0) is 16.1 Å². The lowest BCUT2D eigenvalue weighted by molar-refractivity contribution is -0.140. The Morgan fingerprint density at radius 2 is 1.62 bits per heavy atom. The van der Waals surface area contributed by atoms with Gasteiger partial charge < -0.3 is 15.2 Å². The number of fused-ring (bicyclic) bond motifs is 1. The van der Waals surface area contributed by atoms with Crippen LogP contribution in [0.5, 0.6) is 11.5 Å². The molecule has 21 heavy (non-hydrogen) atoms. The van der Waals surface area contributed by atoms with Crippen molar-refractivity contribution in [2.75, 3.05) is 18.9 Å². The summed E-state index contributed by atoms with van der Waals surface area (Å²) >= 11 is 0. The van der Waals surface area contributed by atoms with Gasteiger partial charge in [-0.15, -0.1) is 0 Å². The van der Waals surface area contributed by atoms with Gasteiger partial charge in [0, 0.05) is 23.6 Å². The van der Waals surface area contributed by atoms with Crippen LogP contribution in [0, 0.1) is 11.8 Å². The molecule has 0 spiro atoms. The third kappa shape index (κ3) is 2.20. The number of nitrogen functional groups attached to an aromatic ring is 1. The van der Waals surface area contributed by atoms with E-state index < -0.39 is 0 Å². The zero-order valence-electron chi connectivity index (χ0n) is 12.1. The van der Waals surface area contributed by atoms with E-state index >= 15 is 0 Å². The Hall–Kier alpha value is -2.24. The maximum Gasteiger partial charge on any atom is 0.233 e. The van der Waals surface area contributed by atoms with E-state index in [1.54, 1.807) is 26.0 Å². The normalized spacial score (nSPS) is 24.6. The molecule has 0 aliphatic carbocycles. The number of ether oxygens (including phenoxy) is 2. The molecule has 2 atom stereocenters. The summed E-state index contributed by atoms with van der Waals surface area (Å²) in [5.74, 6) is 0.337. The van der Waals surface area contributed by atoms with Crippen LogP contribution < -0.4 is 15.2 Å². The standard InChI is InChI=1S/C15H18N2O4/c1-8-9(2)15(19)17(14(8)18)7-10-5-12-13(6-11(10)16)21-4-3-20-12/h5-6,8-9H,3-4,7,16H2,1-2H3. The van der Waals surface area contributed by atoms with Gasteiger partial charge in [-0.2, -0.15) is 0 Å². The maximum absolute atomic E-state index is 12.1. The van der Waals surface area contributed by atoms with Crippen molar-refractivity contribution in [2.24, 2.45) is 11.8 Å². The quantitative estimate of drug-likeness (QED) is 0.653. The van der Waals surface area contributed by atoms with Gasteiger partial charge in [0.05, 0.1) is 6.54 Å². The van der Waals surface area contributed by atoms with Gasteiger partial charge in [-0.1, -0.05) is 13.8 Å². The Morgan fingerprint density at radius 1 is 1.10 bits per heavy atom. The average Bonchev–Trinajstić information content (AvgIpc) is 2.66. The first-order valence-electron chi connectivity index (χ1n) is 7.02. The van der Waals surface area contributed by atoms with E-state index in [1.807, 2.05) is 0 Å². The monoisotopic (exact) mass is 290 g/mol. The summed E-state index contributed by atoms with van der Waals surface area (Å²) in [7, 11) is 0. The van der Waals surface area contributed by atoms with Crippen molar-refractivity contribution in [1.29, 1.82) is 0 Å². The fraction of sp³-hybridized carbons (Fsp3) is 0.467. The topological polar surface area (TPSA) is 81.9 Å². The van der Waals surface area contributed by atoms with E-state index in [0.29, 0.717) is 36.0 Å². The number of nitrogens with zero attached hydrogens (tertiary/aromatic N) is 1. The molecule has 1 saturated heterocycles. The summed E-state index contributed by atoms with van der Waals surface area (Å²) in [4.78, 5) is 25.6. The summed E-state index contributed by atoms with van der Waals surface area (Å²) in [6.45, 7) is 4.70. The molecule has 6 nitrogen and oxygen atoms in total. The van der Waals surface area contributed by atoms with Crippen LogP contribution in [0.25, 0.3) is 0 Å². The van der Waals surface area contributed by atoms with Crippen molar-refractivity contribution >= 4 is 17.5 Å². The van der Waals surface area contributed by atoms with Crippen molar-refractivity contribution in [3.05, 3.63) is 17.7 Å². The molecule has 1 fully saturated rings. The van der Waals surface area contributed by atoms with Gasteiger partial charge >= 0.3 is 0 Å². The smallest absolute Gasteiger partial charge is 0.233 e. The van der Waals surface area contributed by atoms with Gasteiger partial charge in [-0.05, 0) is 11.6 Å². The van der Waals surface area contributed by atoms with Gasteiger partial charge in [0.1, 0.15) is 13.2 Å². The number of carbonyl (C=O) groups excluding carboxylic acids is 2. The van der Waals surface area contributed by atoms with Crippen LogP contribution in [0.15, 0.2) is 12.1 Å². The van der Waals surface area contributed by atoms with Crippen LogP contribution in [0.2, 0.25) is 0 Å². The van der Waals surface area contributed by atoms with Gasteiger partial charge in [-0.25, -0.2) is 0 Å². The predicted molar refractivity (Wildman–Crippen MR) is 75.7 cm³/mol. The number of rotatable bonds is 2. The number of hydrogen-bond acceptors (Lipinski definition) is 5. The molecule has 0 saturated carbocycles. The third-order valence-corrected chi connectivity index (χ3v) is 4.19. The lowest BCUT2D eigenvalue weighted by atomic mass is 10.00. The first-order chi connectivity index (χ1) is 9.99. The molecule has 2 aliphatic rings. The molecule has 2 heterocycles. The zero-order valence-corrected chi connectivity index (χ0v) is 12.1. The van der Waals surface area contributed by atoms with E-state index in [1.165, 1.54) is 4.90 Å². The third-order valence-electron chi connectivity index (χ3n) is 4.19. The number of nitrogens with two attached hydrogens (primary N) is 1. The molecule has 3 rings (SSSR count). The summed E-state index contributed by atoms with van der Waals surface area (Å²) in [5.41, 5.74) is 7.19. The summed E-state index contributed by atoms with van der Waals surface area (Å²) < 4.78 is 11.0. The number of carbonyl (C=O) groups is 2. The Kier molecular flexibility index (Phi) is 3.23. The Labute approximate surface area is 122 Å². The van der Waals surface area contributed by atoms with Crippen molar-refractivity contribution < 1.29 is 19.1 Å². The fourth-order valence-corrected chi connectivity index (χ4v) is 2.64. The minimum atomic E-state index is -0.282. The molecule has 6 heteroatoms. The minimum Gasteiger partial charge on any atom is -0.486 e. The highest BCUT2D eigenvalue weighted by Crippen LogP contribution is 2.36. The van der Waals surface area contributed by atoms with E-state index in [4.69, 9.17) is 15.2 Å². The van der Waals surface area contributed by atoms with E-state index in [-0.39, 0.29) is 30.2 Å². The van der Waals surface area contributed by atoms with Crippen molar-refractivity contribution in [1.82, 2.24) is 4.90 Å². The average molecular weight is 290 g/mol. The predicted octanol–water partition coefficient (Wildman–Crippen LogP) is 1.18. The number of amides is 2. The van der Waals surface area contributed by atoms with Crippen molar-refractivity contribution in [3.63, 3.8) is 0 Å². The van der Waals surface area contributed by atoms with Gasteiger partial charge in [0.25, 0.3) is 0 Å². The van der Waals surface area contributed by atoms with Gasteiger partial charge in [0.2, 0.25) is 11.8 Å². The van der Waals surface area contributed by atoms with Crippen LogP contribution in [0.1, 0.15) is 19.4 Å². The largest absolute Gasteiger partial charge is 0.486 e. The van der Waals surface area contributed by atoms with Crippen LogP contribution in [0.3, 0.4) is 0 Å². The first kappa shape index (κ1) is 13.7. The van der Waals surface area contributed by atoms with Crippen LogP contribution in [-0.4, -0.2) is 29.9 Å². The van der Waals surface area contributed by atoms with Crippen LogP contribution in [0.4, 0.5) is 5.69 Å². The van der Waals surface area contributed by atoms with Gasteiger partial charge in [0.15, 0.2) is 11.5 Å². The second-order valence-electron chi connectivity index (χ2n) is 5.53. The second kappa shape index (κ2) is 4.95. The fourth-order valence-electron chi connectivity index (χ4n) is 2.64. The SMILES string of the molecule is CC1C(=O)N(Cc2cc3c(cc2N)OCCO3)C(=O)C1C. The Bertz CT molecular complexity index is 594. The summed E-state index contributed by atoms with van der Waals surface area (Å²) in [5, 5.41) is 0. The molecule has 2 unspecified atom stereocenters. The highest BCUT2D eigenvalue weighted by molar-refractivity contribution is 6.04. The number of hydrogen-bond donors (Lipinski definition) is 1. The molecule has 2 amide bonds. The summed E-state index contributed by atoms with van der Waals surface area (Å²) in [6.07, 6.45) is 0. The highest BCUT2D eigenvalue weighted by Gasteiger charge is 2.42. The number of imide groups is 1. The molecule has 0 bridgehead atoms. The number of anilines is 1. The maximum atomic E-state index is 12.1. The second-order valence-corrected chi connectivity index (χ2v) is 5.53. The molecule has 0 radical (unpaired) electrons. The molecule has 1 aromatic rings. The van der Waals surface area contributed by atoms with Crippen molar-refractivity contribution in [3.8, 4) is 11.5 Å². The minimum absolute atomic E-state index is 0.151. The van der Waals surface area contributed by atoms with E-state index in [9.17, 15) is 9.59 Å². The molecular formula is C15H18N2O4. The highest BCUT2D eigenvalue weighted by atomic mass is 16.6.